The van der Waals surface area contributed by atoms with Crippen LogP contribution in [0.25, 0.3) is 5.76 Å². The van der Waals surface area contributed by atoms with E-state index in [2.05, 4.69) is 25.7 Å². The molecular weight excluding hydrogens is 526 g/mol. The van der Waals surface area contributed by atoms with E-state index in [-0.39, 0.29) is 35.3 Å². The predicted octanol–water partition coefficient (Wildman–Crippen LogP) is 2.12. The number of nitrogens with two attached hydrogens (primary N) is 1. The van der Waals surface area contributed by atoms with Gasteiger partial charge in [-0.15, -0.1) is 0 Å². The van der Waals surface area contributed by atoms with Crippen molar-refractivity contribution in [2.24, 2.45) is 17.6 Å². The van der Waals surface area contributed by atoms with Crippen LogP contribution < -0.4 is 5.73 Å². The molecule has 3 aliphatic carbocycles. The number of halogens is 1. The number of hydrogen-bond donors (Lipinski definition) is 5. The quantitative estimate of drug-likeness (QED) is 0.347. The van der Waals surface area contributed by atoms with Gasteiger partial charge in [0.1, 0.15) is 22.8 Å². The first-order valence-electron chi connectivity index (χ1n) is 13.0. The highest BCUT2D eigenvalue weighted by Crippen LogP contribution is 2.55. The number of aliphatic hydroxyl groups is 3. The normalized spacial score (nSPS) is 29.0. The van der Waals surface area contributed by atoms with Crippen LogP contribution in [0.2, 0.25) is 5.02 Å². The first-order chi connectivity index (χ1) is 18.1. The average molecular weight is 560 g/mol. The molecular formula is C28H34ClN3O7. The zero-order valence-electron chi connectivity index (χ0n) is 22.6. The van der Waals surface area contributed by atoms with E-state index in [1.807, 2.05) is 0 Å². The minimum Gasteiger partial charge on any atom is -0.508 e. The molecule has 1 heterocycles. The molecule has 0 radical (unpaired) electrons. The third-order valence-electron chi connectivity index (χ3n) is 9.45. The van der Waals surface area contributed by atoms with Crippen molar-refractivity contribution in [3.05, 3.63) is 44.2 Å². The Labute approximate surface area is 231 Å². The third-order valence-corrected chi connectivity index (χ3v) is 9.91. The zero-order valence-corrected chi connectivity index (χ0v) is 23.4. The van der Waals surface area contributed by atoms with E-state index in [1.54, 1.807) is 14.1 Å². The second-order valence-corrected chi connectivity index (χ2v) is 12.3. The van der Waals surface area contributed by atoms with Crippen LogP contribution in [0.4, 0.5) is 0 Å². The van der Waals surface area contributed by atoms with Crippen LogP contribution in [0.15, 0.2) is 16.9 Å². The molecule has 5 rings (SSSR count). The first-order valence-corrected chi connectivity index (χ1v) is 13.4. The smallest absolute Gasteiger partial charge is 0.255 e. The van der Waals surface area contributed by atoms with Gasteiger partial charge in [0.05, 0.1) is 11.6 Å². The number of phenols is 1. The highest BCUT2D eigenvalue weighted by atomic mass is 35.5. The Bertz CT molecular complexity index is 1410. The van der Waals surface area contributed by atoms with Gasteiger partial charge in [-0.2, -0.15) is 0 Å². The lowest BCUT2D eigenvalue weighted by atomic mass is 9.57. The van der Waals surface area contributed by atoms with Gasteiger partial charge < -0.3 is 26.2 Å². The number of rotatable bonds is 4. The Morgan fingerprint density at radius 2 is 1.77 bits per heavy atom. The number of carbonyl (C=O) groups excluding carboxylic acids is 3. The molecule has 39 heavy (non-hydrogen) atoms. The number of amides is 1. The van der Waals surface area contributed by atoms with Gasteiger partial charge in [0.25, 0.3) is 5.91 Å². The van der Waals surface area contributed by atoms with Gasteiger partial charge >= 0.3 is 0 Å². The Hall–Kier alpha value is -2.92. The van der Waals surface area contributed by atoms with Gasteiger partial charge in [0, 0.05) is 40.7 Å². The zero-order chi connectivity index (χ0) is 28.9. The van der Waals surface area contributed by atoms with Crippen LogP contribution in [0, 0.1) is 11.8 Å². The number of fused-ring (bicyclic) bond motifs is 4. The van der Waals surface area contributed by atoms with Gasteiger partial charge in [0.15, 0.2) is 11.4 Å². The largest absolute Gasteiger partial charge is 0.508 e. The molecule has 4 atom stereocenters. The maximum atomic E-state index is 14.0. The van der Waals surface area contributed by atoms with Gasteiger partial charge in [-0.3, -0.25) is 24.2 Å². The number of aromatic hydroxyl groups is 1. The Morgan fingerprint density at radius 3 is 2.33 bits per heavy atom. The molecule has 1 fully saturated rings. The molecule has 0 aromatic heterocycles. The van der Waals surface area contributed by atoms with Crippen LogP contribution in [0.3, 0.4) is 0 Å². The van der Waals surface area contributed by atoms with E-state index in [0.29, 0.717) is 29.2 Å². The molecule has 1 aromatic carbocycles. The lowest BCUT2D eigenvalue weighted by Gasteiger charge is -2.50. The van der Waals surface area contributed by atoms with Gasteiger partial charge in [-0.05, 0) is 64.3 Å². The number of likely N-dealkylation sites (N-methyl/N-ethyl adjacent to an activating group) is 1. The van der Waals surface area contributed by atoms with Crippen molar-refractivity contribution in [1.29, 1.82) is 0 Å². The summed E-state index contributed by atoms with van der Waals surface area (Å²) in [6.07, 6.45) is 1.06. The SMILES string of the molecule is CCC(C)(C)N1Cc2c(O)c3c(c(Cl)c2C1)C[C@H]1C[C@H]2[C@H](N(C)C)C(=O)C(C(N)=O)=C(O)[C@@]2(O)C(=O)C1=C3O. The fourth-order valence-electron chi connectivity index (χ4n) is 6.86. The Morgan fingerprint density at radius 1 is 1.15 bits per heavy atom. The van der Waals surface area contributed by atoms with Crippen LogP contribution in [-0.2, 0) is 33.9 Å². The van der Waals surface area contributed by atoms with Crippen molar-refractivity contribution in [3.8, 4) is 5.75 Å². The monoisotopic (exact) mass is 559 g/mol. The summed E-state index contributed by atoms with van der Waals surface area (Å²) < 4.78 is 0. The van der Waals surface area contributed by atoms with Crippen molar-refractivity contribution in [2.75, 3.05) is 14.1 Å². The lowest BCUT2D eigenvalue weighted by Crippen LogP contribution is -2.65. The van der Waals surface area contributed by atoms with E-state index in [9.17, 15) is 34.8 Å². The highest BCUT2D eigenvalue weighted by Gasteiger charge is 2.64. The van der Waals surface area contributed by atoms with Crippen molar-refractivity contribution in [2.45, 2.75) is 70.3 Å². The first kappa shape index (κ1) is 27.6. The molecule has 1 aliphatic heterocycles. The predicted molar refractivity (Wildman–Crippen MR) is 143 cm³/mol. The van der Waals surface area contributed by atoms with Crippen LogP contribution in [0.5, 0.6) is 5.75 Å². The van der Waals surface area contributed by atoms with E-state index in [4.69, 9.17) is 17.3 Å². The maximum absolute atomic E-state index is 14.0. The average Bonchev–Trinajstić information content (AvgIpc) is 3.31. The number of nitrogens with zero attached hydrogens (tertiary/aromatic N) is 2. The minimum atomic E-state index is -2.66. The summed E-state index contributed by atoms with van der Waals surface area (Å²) in [4.78, 5) is 43.0. The number of hydrogen-bond acceptors (Lipinski definition) is 9. The van der Waals surface area contributed by atoms with Crippen molar-refractivity contribution < 1.29 is 34.8 Å². The van der Waals surface area contributed by atoms with E-state index in [0.717, 1.165) is 12.0 Å². The molecule has 1 amide bonds. The van der Waals surface area contributed by atoms with Gasteiger partial charge in [-0.25, -0.2) is 0 Å². The summed E-state index contributed by atoms with van der Waals surface area (Å²) in [7, 11) is 3.13. The summed E-state index contributed by atoms with van der Waals surface area (Å²) >= 11 is 6.91. The molecule has 0 saturated heterocycles. The summed E-state index contributed by atoms with van der Waals surface area (Å²) in [5.41, 5.74) is 3.39. The molecule has 210 valence electrons. The van der Waals surface area contributed by atoms with Crippen molar-refractivity contribution in [1.82, 2.24) is 9.80 Å². The second-order valence-electron chi connectivity index (χ2n) is 12.0. The topological polar surface area (TPSA) is 165 Å². The fraction of sp³-hybridized carbons (Fsp3) is 0.536. The van der Waals surface area contributed by atoms with Crippen LogP contribution in [-0.4, -0.2) is 79.0 Å². The summed E-state index contributed by atoms with van der Waals surface area (Å²) in [6, 6.07) is -1.13. The second kappa shape index (κ2) is 8.79. The molecule has 0 spiro atoms. The molecule has 0 unspecified atom stereocenters. The number of Topliss-reactive ketones (excluding diaryl/α,β-unsaturated/α-hetero) is 2. The molecule has 4 aliphatic rings. The molecule has 1 saturated carbocycles. The third kappa shape index (κ3) is 3.54. The number of primary amides is 1. The number of phenolic OH excluding ortho intramolecular Hbond substituents is 1. The lowest BCUT2D eigenvalue weighted by molar-refractivity contribution is -0.153. The molecule has 6 N–H and O–H groups in total. The number of carbonyl (C=O) groups is 3. The van der Waals surface area contributed by atoms with Crippen molar-refractivity contribution in [3.63, 3.8) is 0 Å². The molecule has 1 aromatic rings. The number of benzene rings is 1. The molecule has 11 heteroatoms. The minimum absolute atomic E-state index is 0.0227. The standard InChI is InChI=1S/C28H34ClN3O7/c1-6-27(2,3)32-9-13-14(10-32)21(33)17-12(19(13)29)7-11-8-15-20(31(4)5)23(35)18(26(30)38)25(37)28(15,39)24(36)16(11)22(17)34/h11,15,20,33-34,37,39H,6-10H2,1-5H3,(H2,30,38)/t11-,15-,20-,28-/m0/s1. The maximum Gasteiger partial charge on any atom is 0.255 e. The van der Waals surface area contributed by atoms with E-state index in [1.165, 1.54) is 4.90 Å². The summed E-state index contributed by atoms with van der Waals surface area (Å²) in [5.74, 6) is -6.68. The van der Waals surface area contributed by atoms with E-state index >= 15 is 0 Å². The van der Waals surface area contributed by atoms with Crippen LogP contribution >= 0.6 is 11.6 Å². The fourth-order valence-corrected chi connectivity index (χ4v) is 7.21. The Balaban J connectivity index is 1.70. The summed E-state index contributed by atoms with van der Waals surface area (Å²) in [5, 5.41) is 45.9. The van der Waals surface area contributed by atoms with Gasteiger partial charge in [-0.1, -0.05) is 18.5 Å². The van der Waals surface area contributed by atoms with E-state index < -0.39 is 58.0 Å². The van der Waals surface area contributed by atoms with Crippen LogP contribution in [0.1, 0.15) is 55.9 Å². The van der Waals surface area contributed by atoms with Gasteiger partial charge in [0.2, 0.25) is 5.78 Å². The highest BCUT2D eigenvalue weighted by molar-refractivity contribution is 6.33. The Kier molecular flexibility index (Phi) is 6.23. The number of ketones is 2. The van der Waals surface area contributed by atoms with Crippen molar-refractivity contribution >= 4 is 34.8 Å². The molecule has 10 nitrogen and oxygen atoms in total. The molecule has 0 bridgehead atoms. The number of aliphatic hydroxyl groups excluding tert-OH is 2. The summed E-state index contributed by atoms with van der Waals surface area (Å²) in [6.45, 7) is 7.19.